The highest BCUT2D eigenvalue weighted by atomic mass is 16.4. The van der Waals surface area contributed by atoms with Gasteiger partial charge in [0.2, 0.25) is 11.8 Å². The molecule has 1 aliphatic heterocycles. The molecular weight excluding hydrogens is 354 g/mol. The predicted molar refractivity (Wildman–Crippen MR) is 106 cm³/mol. The number of rotatable bonds is 5. The highest BCUT2D eigenvalue weighted by molar-refractivity contribution is 6.01. The van der Waals surface area contributed by atoms with Crippen molar-refractivity contribution in [3.63, 3.8) is 0 Å². The molecule has 1 N–H and O–H groups in total. The molecule has 0 aliphatic carbocycles. The molecule has 3 aromatic rings. The summed E-state index contributed by atoms with van der Waals surface area (Å²) < 4.78 is 5.89. The summed E-state index contributed by atoms with van der Waals surface area (Å²) in [6.45, 7) is 1.53. The van der Waals surface area contributed by atoms with E-state index in [1.165, 1.54) is 0 Å². The van der Waals surface area contributed by atoms with Gasteiger partial charge in [-0.1, -0.05) is 42.5 Å². The zero-order valence-electron chi connectivity index (χ0n) is 15.4. The van der Waals surface area contributed by atoms with Gasteiger partial charge in [-0.3, -0.25) is 9.59 Å². The molecule has 1 aliphatic rings. The summed E-state index contributed by atoms with van der Waals surface area (Å²) in [7, 11) is 0. The number of nitrogens with one attached hydrogen (secondary N) is 1. The molecule has 0 bridgehead atoms. The fraction of sp³-hybridized carbons (Fsp3) is 0.227. The van der Waals surface area contributed by atoms with Crippen molar-refractivity contribution in [3.05, 3.63) is 66.4 Å². The third-order valence-corrected chi connectivity index (χ3v) is 4.83. The molecule has 0 radical (unpaired) electrons. The van der Waals surface area contributed by atoms with Gasteiger partial charge in [-0.25, -0.2) is 4.98 Å². The molecule has 1 fully saturated rings. The molecule has 4 rings (SSSR count). The van der Waals surface area contributed by atoms with E-state index < -0.39 is 0 Å². The van der Waals surface area contributed by atoms with Gasteiger partial charge in [0.15, 0.2) is 5.76 Å². The van der Waals surface area contributed by atoms with Crippen molar-refractivity contribution >= 4 is 11.8 Å². The fourth-order valence-electron chi connectivity index (χ4n) is 3.33. The number of benzene rings is 2. The Kier molecular flexibility index (Phi) is 5.19. The number of carbonyl (C=O) groups excluding carboxylic acids is 2. The molecule has 0 saturated carbocycles. The van der Waals surface area contributed by atoms with Crippen LogP contribution in [0.5, 0.6) is 0 Å². The van der Waals surface area contributed by atoms with Crippen LogP contribution in [0, 0.1) is 0 Å². The van der Waals surface area contributed by atoms with Crippen LogP contribution in [0.4, 0.5) is 0 Å². The maximum absolute atomic E-state index is 12.7. The molecule has 2 amide bonds. The average Bonchev–Trinajstić information content (AvgIpc) is 3.45. The van der Waals surface area contributed by atoms with Crippen molar-refractivity contribution in [3.8, 4) is 22.8 Å². The van der Waals surface area contributed by atoms with Crippen molar-refractivity contribution in [1.29, 1.82) is 0 Å². The Morgan fingerprint density at radius 2 is 1.71 bits per heavy atom. The second-order valence-corrected chi connectivity index (χ2v) is 6.71. The van der Waals surface area contributed by atoms with Gasteiger partial charge in [0, 0.05) is 24.2 Å². The number of oxazole rings is 1. The van der Waals surface area contributed by atoms with Crippen LogP contribution in [0.1, 0.15) is 23.2 Å². The van der Waals surface area contributed by atoms with Crippen molar-refractivity contribution in [2.75, 3.05) is 19.6 Å². The van der Waals surface area contributed by atoms with E-state index in [2.05, 4.69) is 10.3 Å². The van der Waals surface area contributed by atoms with E-state index >= 15 is 0 Å². The Bertz CT molecular complexity index is 975. The van der Waals surface area contributed by atoms with Gasteiger partial charge < -0.3 is 14.6 Å². The molecule has 1 aromatic heterocycles. The molecular formula is C22H21N3O3. The van der Waals surface area contributed by atoms with Crippen LogP contribution in [0.25, 0.3) is 22.8 Å². The first-order valence-electron chi connectivity index (χ1n) is 9.39. The molecule has 0 unspecified atom stereocenters. The van der Waals surface area contributed by atoms with Gasteiger partial charge in [0.05, 0.1) is 18.3 Å². The monoisotopic (exact) mass is 375 g/mol. The van der Waals surface area contributed by atoms with Gasteiger partial charge in [-0.05, 0) is 25.0 Å². The number of hydrogen-bond donors (Lipinski definition) is 1. The van der Waals surface area contributed by atoms with Crippen LogP contribution in [-0.2, 0) is 4.79 Å². The lowest BCUT2D eigenvalue weighted by Gasteiger charge is -2.15. The lowest BCUT2D eigenvalue weighted by Crippen LogP contribution is -2.38. The van der Waals surface area contributed by atoms with E-state index in [1.807, 2.05) is 36.4 Å². The normalized spacial score (nSPS) is 13.5. The summed E-state index contributed by atoms with van der Waals surface area (Å²) in [4.78, 5) is 31.0. The Morgan fingerprint density at radius 1 is 1.00 bits per heavy atom. The first-order valence-corrected chi connectivity index (χ1v) is 9.39. The topological polar surface area (TPSA) is 75.4 Å². The van der Waals surface area contributed by atoms with Crippen LogP contribution >= 0.6 is 0 Å². The molecule has 2 aromatic carbocycles. The van der Waals surface area contributed by atoms with Crippen LogP contribution < -0.4 is 5.32 Å². The third-order valence-electron chi connectivity index (χ3n) is 4.83. The number of hydrogen-bond acceptors (Lipinski definition) is 4. The number of likely N-dealkylation sites (tertiary alicyclic amines) is 1. The molecule has 0 spiro atoms. The molecule has 1 saturated heterocycles. The van der Waals surface area contributed by atoms with Crippen molar-refractivity contribution in [2.24, 2.45) is 0 Å². The van der Waals surface area contributed by atoms with Crippen LogP contribution in [0.2, 0.25) is 0 Å². The van der Waals surface area contributed by atoms with E-state index in [9.17, 15) is 9.59 Å². The Morgan fingerprint density at radius 3 is 2.50 bits per heavy atom. The van der Waals surface area contributed by atoms with Gasteiger partial charge in [-0.15, -0.1) is 0 Å². The molecule has 0 atom stereocenters. The minimum Gasteiger partial charge on any atom is -0.436 e. The standard InChI is InChI=1S/C22H21N3O3/c26-20(25-12-6-7-13-25)15-23-21(27)17-10-4-5-11-18(17)22-24-14-19(28-22)16-8-2-1-3-9-16/h1-5,8-11,14H,6-7,12-13,15H2,(H,23,27). The Hall–Kier alpha value is -3.41. The molecule has 142 valence electrons. The zero-order valence-corrected chi connectivity index (χ0v) is 15.4. The quantitative estimate of drug-likeness (QED) is 0.742. The van der Waals surface area contributed by atoms with E-state index in [-0.39, 0.29) is 18.4 Å². The lowest BCUT2D eigenvalue weighted by atomic mass is 10.1. The molecule has 2 heterocycles. The number of amides is 2. The summed E-state index contributed by atoms with van der Waals surface area (Å²) in [5.41, 5.74) is 1.94. The third kappa shape index (κ3) is 3.81. The van der Waals surface area contributed by atoms with Crippen molar-refractivity contribution < 1.29 is 14.0 Å². The molecule has 6 heteroatoms. The summed E-state index contributed by atoms with van der Waals surface area (Å²) >= 11 is 0. The predicted octanol–water partition coefficient (Wildman–Crippen LogP) is 3.36. The van der Waals surface area contributed by atoms with E-state index in [1.54, 1.807) is 29.3 Å². The van der Waals surface area contributed by atoms with Gasteiger partial charge in [0.1, 0.15) is 0 Å². The van der Waals surface area contributed by atoms with Gasteiger partial charge in [-0.2, -0.15) is 0 Å². The van der Waals surface area contributed by atoms with Crippen molar-refractivity contribution in [1.82, 2.24) is 15.2 Å². The van der Waals surface area contributed by atoms with Crippen LogP contribution in [-0.4, -0.2) is 41.3 Å². The average molecular weight is 375 g/mol. The SMILES string of the molecule is O=C(NCC(=O)N1CCCC1)c1ccccc1-c1ncc(-c2ccccc2)o1. The Balaban J connectivity index is 1.51. The first kappa shape index (κ1) is 18.0. The highest BCUT2D eigenvalue weighted by Crippen LogP contribution is 2.28. The van der Waals surface area contributed by atoms with Crippen molar-refractivity contribution in [2.45, 2.75) is 12.8 Å². The number of carbonyl (C=O) groups is 2. The minimum absolute atomic E-state index is 0.00594. The second kappa shape index (κ2) is 8.08. The molecule has 6 nitrogen and oxygen atoms in total. The van der Waals surface area contributed by atoms with E-state index in [0.29, 0.717) is 22.8 Å². The number of nitrogens with zero attached hydrogens (tertiary/aromatic N) is 2. The fourth-order valence-corrected chi connectivity index (χ4v) is 3.33. The maximum Gasteiger partial charge on any atom is 0.252 e. The Labute approximate surface area is 163 Å². The zero-order chi connectivity index (χ0) is 19.3. The van der Waals surface area contributed by atoms with E-state index in [0.717, 1.165) is 31.5 Å². The van der Waals surface area contributed by atoms with Gasteiger partial charge >= 0.3 is 0 Å². The summed E-state index contributed by atoms with van der Waals surface area (Å²) in [6, 6.07) is 16.8. The smallest absolute Gasteiger partial charge is 0.252 e. The maximum atomic E-state index is 12.7. The lowest BCUT2D eigenvalue weighted by molar-refractivity contribution is -0.129. The summed E-state index contributed by atoms with van der Waals surface area (Å²) in [6.07, 6.45) is 3.70. The van der Waals surface area contributed by atoms with Crippen LogP contribution in [0.15, 0.2) is 65.2 Å². The minimum atomic E-state index is -0.317. The van der Waals surface area contributed by atoms with E-state index in [4.69, 9.17) is 4.42 Å². The first-order chi connectivity index (χ1) is 13.7. The molecule has 28 heavy (non-hydrogen) atoms. The van der Waals surface area contributed by atoms with Gasteiger partial charge in [0.25, 0.3) is 5.91 Å². The largest absolute Gasteiger partial charge is 0.436 e. The number of aromatic nitrogens is 1. The summed E-state index contributed by atoms with van der Waals surface area (Å²) in [5.74, 6) is 0.638. The summed E-state index contributed by atoms with van der Waals surface area (Å²) in [5, 5.41) is 2.72. The highest BCUT2D eigenvalue weighted by Gasteiger charge is 2.20. The second-order valence-electron chi connectivity index (χ2n) is 6.71. The van der Waals surface area contributed by atoms with Crippen LogP contribution in [0.3, 0.4) is 0 Å².